The van der Waals surface area contributed by atoms with E-state index < -0.39 is 11.8 Å². The molecule has 0 saturated carbocycles. The first-order valence-corrected chi connectivity index (χ1v) is 10.5. The Morgan fingerprint density at radius 2 is 1.97 bits per heavy atom. The quantitative estimate of drug-likeness (QED) is 0.748. The van der Waals surface area contributed by atoms with E-state index in [1.807, 2.05) is 38.1 Å². The van der Waals surface area contributed by atoms with Crippen LogP contribution >= 0.6 is 11.6 Å². The molecule has 0 fully saturated rings. The van der Waals surface area contributed by atoms with Crippen molar-refractivity contribution in [1.82, 2.24) is 4.98 Å². The maximum Gasteiger partial charge on any atom is 0.235 e. The van der Waals surface area contributed by atoms with Gasteiger partial charge in [0.05, 0.1) is 5.92 Å². The minimum Gasteiger partial charge on any atom is -0.310 e. The second-order valence-electron chi connectivity index (χ2n) is 8.27. The van der Waals surface area contributed by atoms with E-state index in [-0.39, 0.29) is 17.6 Å². The van der Waals surface area contributed by atoms with Gasteiger partial charge in [-0.15, -0.1) is 0 Å². The van der Waals surface area contributed by atoms with Gasteiger partial charge >= 0.3 is 0 Å². The smallest absolute Gasteiger partial charge is 0.235 e. The highest BCUT2D eigenvalue weighted by Crippen LogP contribution is 2.45. The Morgan fingerprint density at radius 1 is 1.17 bits per heavy atom. The van der Waals surface area contributed by atoms with Gasteiger partial charge in [0.25, 0.3) is 0 Å². The number of anilines is 1. The molecule has 4 rings (SSSR count). The fourth-order valence-corrected chi connectivity index (χ4v) is 4.59. The number of aliphatic imine (C=N–C) groups is 1. The van der Waals surface area contributed by atoms with Crippen LogP contribution in [-0.4, -0.2) is 22.4 Å². The lowest BCUT2D eigenvalue weighted by atomic mass is 9.70. The Bertz CT molecular complexity index is 1070. The fraction of sp³-hybridized carbons (Fsp3) is 0.333. The van der Waals surface area contributed by atoms with Gasteiger partial charge in [-0.05, 0) is 55.5 Å². The highest BCUT2D eigenvalue weighted by Gasteiger charge is 2.43. The van der Waals surface area contributed by atoms with Crippen LogP contribution in [0.5, 0.6) is 0 Å². The Kier molecular flexibility index (Phi) is 5.56. The highest BCUT2D eigenvalue weighted by molar-refractivity contribution is 6.30. The Hall–Kier alpha value is -2.79. The average Bonchev–Trinajstić information content (AvgIpc) is 2.68. The van der Waals surface area contributed by atoms with Crippen molar-refractivity contribution in [1.29, 1.82) is 0 Å². The van der Waals surface area contributed by atoms with E-state index in [4.69, 9.17) is 16.6 Å². The average molecular weight is 422 g/mol. The van der Waals surface area contributed by atoms with Crippen molar-refractivity contribution in [2.75, 3.05) is 5.32 Å². The first-order valence-electron chi connectivity index (χ1n) is 10.1. The summed E-state index contributed by atoms with van der Waals surface area (Å²) < 4.78 is 0. The van der Waals surface area contributed by atoms with Crippen LogP contribution < -0.4 is 5.32 Å². The Morgan fingerprint density at radius 3 is 2.67 bits per heavy atom. The van der Waals surface area contributed by atoms with Gasteiger partial charge in [-0.25, -0.2) is 4.98 Å². The first-order chi connectivity index (χ1) is 14.3. The summed E-state index contributed by atoms with van der Waals surface area (Å²) in [6.45, 7) is 5.86. The minimum atomic E-state index is -0.609. The monoisotopic (exact) mass is 421 g/mol. The minimum absolute atomic E-state index is 0.0660. The molecule has 6 heteroatoms. The van der Waals surface area contributed by atoms with Crippen molar-refractivity contribution < 1.29 is 9.59 Å². The molecule has 3 atom stereocenters. The van der Waals surface area contributed by atoms with Gasteiger partial charge in [-0.1, -0.05) is 36.7 Å². The number of pyridine rings is 1. The lowest BCUT2D eigenvalue weighted by Gasteiger charge is -2.36. The summed E-state index contributed by atoms with van der Waals surface area (Å²) >= 11 is 6.27. The van der Waals surface area contributed by atoms with Crippen molar-refractivity contribution in [3.63, 3.8) is 0 Å². The predicted molar refractivity (Wildman–Crippen MR) is 119 cm³/mol. The largest absolute Gasteiger partial charge is 0.310 e. The van der Waals surface area contributed by atoms with E-state index in [2.05, 4.69) is 17.2 Å². The third-order valence-corrected chi connectivity index (χ3v) is 5.98. The molecule has 1 aromatic heterocycles. The zero-order chi connectivity index (χ0) is 21.4. The number of carbonyl (C=O) groups is 2. The number of halogens is 1. The number of benzene rings is 1. The highest BCUT2D eigenvalue weighted by atomic mass is 35.5. The number of Topliss-reactive ketones (excluding diaryl/α,β-unsaturated/α-hetero) is 1. The van der Waals surface area contributed by atoms with E-state index >= 15 is 0 Å². The van der Waals surface area contributed by atoms with Gasteiger partial charge in [-0.2, -0.15) is 0 Å². The summed E-state index contributed by atoms with van der Waals surface area (Å²) in [6, 6.07) is 11.1. The number of hydrogen-bond acceptors (Lipinski definition) is 4. The summed E-state index contributed by atoms with van der Waals surface area (Å²) in [5, 5.41) is 3.48. The summed E-state index contributed by atoms with van der Waals surface area (Å²) in [4.78, 5) is 35.5. The van der Waals surface area contributed by atoms with Gasteiger partial charge in [0.2, 0.25) is 5.91 Å². The molecule has 1 aliphatic carbocycles. The van der Waals surface area contributed by atoms with E-state index in [0.717, 1.165) is 23.2 Å². The van der Waals surface area contributed by atoms with Crippen molar-refractivity contribution in [3.05, 3.63) is 70.0 Å². The Balaban J connectivity index is 1.78. The van der Waals surface area contributed by atoms with Gasteiger partial charge in [0.15, 0.2) is 5.78 Å². The number of nitrogens with zero attached hydrogens (tertiary/aromatic N) is 2. The zero-order valence-corrected chi connectivity index (χ0v) is 18.0. The molecule has 2 heterocycles. The molecule has 154 valence electrons. The van der Waals surface area contributed by atoms with Crippen molar-refractivity contribution in [3.8, 4) is 0 Å². The number of ketones is 1. The molecule has 2 aliphatic rings. The lowest BCUT2D eigenvalue weighted by molar-refractivity contribution is -0.119. The Labute approximate surface area is 181 Å². The lowest BCUT2D eigenvalue weighted by Crippen LogP contribution is -2.39. The van der Waals surface area contributed by atoms with Gasteiger partial charge in [0, 0.05) is 40.5 Å². The van der Waals surface area contributed by atoms with Gasteiger partial charge in [0.1, 0.15) is 5.82 Å². The predicted octanol–water partition coefficient (Wildman–Crippen LogP) is 5.11. The SMILES string of the molecule is CC1=NC2=C(C(=O)C[C@H](C)C2)[C@@H](c2cccc(Cl)c2)C1C(=O)Nc1ccc(C)cn1. The van der Waals surface area contributed by atoms with E-state index in [1.54, 1.807) is 18.3 Å². The molecule has 0 spiro atoms. The zero-order valence-electron chi connectivity index (χ0n) is 17.3. The molecule has 0 bridgehead atoms. The van der Waals surface area contributed by atoms with Crippen LogP contribution in [0, 0.1) is 18.8 Å². The topological polar surface area (TPSA) is 71.4 Å². The number of nitrogens with one attached hydrogen (secondary N) is 1. The molecule has 2 aromatic rings. The van der Waals surface area contributed by atoms with E-state index in [1.165, 1.54) is 0 Å². The van der Waals surface area contributed by atoms with Crippen molar-refractivity contribution in [2.24, 2.45) is 16.8 Å². The number of aromatic nitrogens is 1. The third-order valence-electron chi connectivity index (χ3n) is 5.75. The van der Waals surface area contributed by atoms with Crippen LogP contribution in [0.2, 0.25) is 5.02 Å². The van der Waals surface area contributed by atoms with Crippen LogP contribution in [0.25, 0.3) is 0 Å². The number of aryl methyl sites for hydroxylation is 1. The molecule has 1 unspecified atom stereocenters. The standard InChI is InChI=1S/C24H24ClN3O2/c1-13-7-8-20(26-12-13)28-24(30)21-15(3)27-18-9-14(2)10-19(29)23(18)22(21)16-5-4-6-17(25)11-16/h4-8,11-12,14,21-22H,9-10H2,1-3H3,(H,26,28,30)/t14-,21?,22+/m1/s1. The maximum atomic E-state index is 13.4. The molecular weight excluding hydrogens is 398 g/mol. The normalized spacial score (nSPS) is 23.7. The second kappa shape index (κ2) is 8.15. The molecular formula is C24H24ClN3O2. The maximum absolute atomic E-state index is 13.4. The molecule has 0 radical (unpaired) electrons. The van der Waals surface area contributed by atoms with Crippen molar-refractivity contribution >= 4 is 34.8 Å². The number of allylic oxidation sites excluding steroid dienone is 2. The third kappa shape index (κ3) is 3.94. The van der Waals surface area contributed by atoms with E-state index in [9.17, 15) is 9.59 Å². The van der Waals surface area contributed by atoms with Crippen LogP contribution in [0.3, 0.4) is 0 Å². The molecule has 30 heavy (non-hydrogen) atoms. The number of hydrogen-bond donors (Lipinski definition) is 1. The summed E-state index contributed by atoms with van der Waals surface area (Å²) in [7, 11) is 0. The number of amides is 1. The van der Waals surface area contributed by atoms with Crippen LogP contribution in [0.15, 0.2) is 58.9 Å². The molecule has 0 saturated heterocycles. The van der Waals surface area contributed by atoms with Crippen LogP contribution in [0.1, 0.15) is 43.7 Å². The first kappa shape index (κ1) is 20.5. The van der Waals surface area contributed by atoms with Crippen LogP contribution in [0.4, 0.5) is 5.82 Å². The van der Waals surface area contributed by atoms with Crippen LogP contribution in [-0.2, 0) is 9.59 Å². The number of carbonyl (C=O) groups excluding carboxylic acids is 2. The second-order valence-corrected chi connectivity index (χ2v) is 8.71. The summed E-state index contributed by atoms with van der Waals surface area (Å²) in [5.41, 5.74) is 4.02. The molecule has 1 aromatic carbocycles. The van der Waals surface area contributed by atoms with Gasteiger partial charge < -0.3 is 5.32 Å². The molecule has 1 N–H and O–H groups in total. The fourth-order valence-electron chi connectivity index (χ4n) is 4.39. The number of rotatable bonds is 3. The van der Waals surface area contributed by atoms with E-state index in [0.29, 0.717) is 28.5 Å². The summed E-state index contributed by atoms with van der Waals surface area (Å²) in [6.07, 6.45) is 2.92. The molecule has 5 nitrogen and oxygen atoms in total. The van der Waals surface area contributed by atoms with Crippen molar-refractivity contribution in [2.45, 2.75) is 39.5 Å². The summed E-state index contributed by atoms with van der Waals surface area (Å²) in [5.74, 6) is -0.460. The van der Waals surface area contributed by atoms with Gasteiger partial charge in [-0.3, -0.25) is 14.6 Å². The molecule has 1 aliphatic heterocycles. The molecule has 1 amide bonds.